The molecule has 1 heterocycles. The number of methoxy groups -OCH3 is 2. The van der Waals surface area contributed by atoms with Crippen LogP contribution in [0.25, 0.3) is 0 Å². The van der Waals surface area contributed by atoms with Crippen LogP contribution in [0.15, 0.2) is 28.5 Å². The van der Waals surface area contributed by atoms with Gasteiger partial charge in [-0.2, -0.15) is 8.42 Å². The molecule has 3 N–H and O–H groups in total. The van der Waals surface area contributed by atoms with Crippen molar-refractivity contribution in [2.24, 2.45) is 5.73 Å². The summed E-state index contributed by atoms with van der Waals surface area (Å²) >= 11 is 6.87. The van der Waals surface area contributed by atoms with Gasteiger partial charge in [0.15, 0.2) is 9.96 Å². The van der Waals surface area contributed by atoms with E-state index in [1.54, 1.807) is 18.2 Å². The normalized spacial score (nSPS) is 11.0. The zero-order valence-corrected chi connectivity index (χ0v) is 18.3. The summed E-state index contributed by atoms with van der Waals surface area (Å²) in [5.41, 5.74) is 5.35. The molecule has 0 radical (unpaired) electrons. The van der Waals surface area contributed by atoms with Crippen LogP contribution in [0.1, 0.15) is 15.2 Å². The highest BCUT2D eigenvalue weighted by molar-refractivity contribution is 7.91. The SMILES string of the molecule is COc1ccc(Cl)cc1C(=O)NCCc1cc(OC)c(S(=O)(=O)N(C)C(N)=O)s1. The molecule has 0 atom stereocenters. The van der Waals surface area contributed by atoms with Gasteiger partial charge in [-0.05, 0) is 30.7 Å². The van der Waals surface area contributed by atoms with Gasteiger partial charge in [-0.15, -0.1) is 11.3 Å². The van der Waals surface area contributed by atoms with E-state index in [2.05, 4.69) is 5.32 Å². The molecule has 12 heteroatoms. The molecule has 158 valence electrons. The highest BCUT2D eigenvalue weighted by Gasteiger charge is 2.30. The lowest BCUT2D eigenvalue weighted by molar-refractivity contribution is 0.0951. The molecule has 0 saturated carbocycles. The van der Waals surface area contributed by atoms with Crippen molar-refractivity contribution < 1.29 is 27.5 Å². The van der Waals surface area contributed by atoms with Crippen molar-refractivity contribution in [3.8, 4) is 11.5 Å². The predicted molar refractivity (Wildman–Crippen MR) is 109 cm³/mol. The van der Waals surface area contributed by atoms with Gasteiger partial charge in [-0.3, -0.25) is 4.79 Å². The second kappa shape index (κ2) is 9.33. The van der Waals surface area contributed by atoms with E-state index in [0.29, 0.717) is 26.4 Å². The highest BCUT2D eigenvalue weighted by Crippen LogP contribution is 2.35. The van der Waals surface area contributed by atoms with E-state index in [-0.39, 0.29) is 28.0 Å². The number of sulfonamides is 1. The summed E-state index contributed by atoms with van der Waals surface area (Å²) in [5.74, 6) is 0.0997. The van der Waals surface area contributed by atoms with E-state index in [4.69, 9.17) is 26.8 Å². The van der Waals surface area contributed by atoms with Crippen molar-refractivity contribution in [1.82, 2.24) is 9.62 Å². The van der Waals surface area contributed by atoms with Crippen LogP contribution in [0, 0.1) is 0 Å². The number of amides is 3. The standard InChI is InChI=1S/C17H20ClN3O6S2/c1-21(17(19)23)29(24,25)16-14(27-3)9-11(28-16)6-7-20-15(22)12-8-10(18)4-5-13(12)26-2/h4-5,8-9H,6-7H2,1-3H3,(H2,19,23)(H,20,22). The van der Waals surface area contributed by atoms with Gasteiger partial charge in [-0.25, -0.2) is 9.10 Å². The summed E-state index contributed by atoms with van der Waals surface area (Å²) < 4.78 is 35.6. The summed E-state index contributed by atoms with van der Waals surface area (Å²) in [6.07, 6.45) is 0.339. The topological polar surface area (TPSA) is 128 Å². The minimum atomic E-state index is -4.12. The maximum Gasteiger partial charge on any atom is 0.328 e. The lowest BCUT2D eigenvalue weighted by Gasteiger charge is -2.14. The van der Waals surface area contributed by atoms with Crippen LogP contribution in [0.4, 0.5) is 4.79 Å². The zero-order valence-electron chi connectivity index (χ0n) is 15.9. The van der Waals surface area contributed by atoms with Crippen LogP contribution in [0.5, 0.6) is 11.5 Å². The summed E-state index contributed by atoms with van der Waals surface area (Å²) in [4.78, 5) is 24.3. The first kappa shape index (κ1) is 22.8. The number of nitrogens with zero attached hydrogens (tertiary/aromatic N) is 1. The second-order valence-electron chi connectivity index (χ2n) is 5.73. The molecule has 0 aliphatic rings. The Labute approximate surface area is 177 Å². The number of nitrogens with one attached hydrogen (secondary N) is 1. The van der Waals surface area contributed by atoms with Crippen molar-refractivity contribution >= 4 is 44.9 Å². The molecule has 0 aliphatic carbocycles. The number of thiophene rings is 1. The third-order valence-electron chi connectivity index (χ3n) is 3.91. The smallest absolute Gasteiger partial charge is 0.328 e. The van der Waals surface area contributed by atoms with Gasteiger partial charge in [0.2, 0.25) is 0 Å². The molecule has 0 fully saturated rings. The Morgan fingerprint density at radius 1 is 1.21 bits per heavy atom. The fourth-order valence-electron chi connectivity index (χ4n) is 2.34. The Bertz CT molecular complexity index is 1020. The average molecular weight is 462 g/mol. The molecular formula is C17H20ClN3O6S2. The number of urea groups is 1. The van der Waals surface area contributed by atoms with Crippen LogP contribution in [0.2, 0.25) is 5.02 Å². The van der Waals surface area contributed by atoms with Gasteiger partial charge < -0.3 is 20.5 Å². The molecule has 0 aliphatic heterocycles. The van der Waals surface area contributed by atoms with E-state index in [1.807, 2.05) is 0 Å². The summed E-state index contributed by atoms with van der Waals surface area (Å²) in [5, 5.41) is 3.13. The number of halogens is 1. The van der Waals surface area contributed by atoms with Gasteiger partial charge in [0.05, 0.1) is 19.8 Å². The first-order chi connectivity index (χ1) is 13.6. The largest absolute Gasteiger partial charge is 0.496 e. The molecule has 0 unspecified atom stereocenters. The Morgan fingerprint density at radius 2 is 1.86 bits per heavy atom. The Balaban J connectivity index is 2.13. The van der Waals surface area contributed by atoms with Gasteiger partial charge in [0.25, 0.3) is 15.9 Å². The van der Waals surface area contributed by atoms with Gasteiger partial charge in [0.1, 0.15) is 5.75 Å². The molecule has 2 rings (SSSR count). The van der Waals surface area contributed by atoms with Crippen LogP contribution < -0.4 is 20.5 Å². The zero-order chi connectivity index (χ0) is 21.8. The minimum Gasteiger partial charge on any atom is -0.496 e. The van der Waals surface area contributed by atoms with E-state index in [9.17, 15) is 18.0 Å². The molecule has 9 nitrogen and oxygen atoms in total. The molecule has 1 aromatic carbocycles. The van der Waals surface area contributed by atoms with Gasteiger partial charge >= 0.3 is 6.03 Å². The van der Waals surface area contributed by atoms with Crippen LogP contribution >= 0.6 is 22.9 Å². The lowest BCUT2D eigenvalue weighted by atomic mass is 10.2. The number of ether oxygens (including phenoxy) is 2. The number of hydrogen-bond donors (Lipinski definition) is 2. The summed E-state index contributed by atoms with van der Waals surface area (Å²) in [7, 11) is -0.291. The maximum absolute atomic E-state index is 12.5. The van der Waals surface area contributed by atoms with Crippen LogP contribution in [0.3, 0.4) is 0 Å². The summed E-state index contributed by atoms with van der Waals surface area (Å²) in [6, 6.07) is 5.13. The molecule has 0 saturated heterocycles. The first-order valence-corrected chi connectivity index (χ1v) is 10.8. The number of rotatable bonds is 8. The molecule has 0 bridgehead atoms. The highest BCUT2D eigenvalue weighted by atomic mass is 35.5. The van der Waals surface area contributed by atoms with Gasteiger partial charge in [-0.1, -0.05) is 11.6 Å². The van der Waals surface area contributed by atoms with Crippen molar-refractivity contribution in [1.29, 1.82) is 0 Å². The summed E-state index contributed by atoms with van der Waals surface area (Å²) in [6.45, 7) is 0.226. The number of benzene rings is 1. The number of nitrogens with two attached hydrogens (primary N) is 1. The van der Waals surface area contributed by atoms with Crippen LogP contribution in [-0.2, 0) is 16.4 Å². The minimum absolute atomic E-state index is 0.0981. The van der Waals surface area contributed by atoms with Gasteiger partial charge in [0, 0.05) is 23.5 Å². The Morgan fingerprint density at radius 3 is 2.45 bits per heavy atom. The van der Waals surface area contributed by atoms with E-state index in [1.165, 1.54) is 20.3 Å². The number of carbonyl (C=O) groups is 2. The Kier molecular flexibility index (Phi) is 7.33. The number of primary amides is 1. The molecule has 1 aromatic heterocycles. The maximum atomic E-state index is 12.5. The van der Waals surface area contributed by atoms with Crippen molar-refractivity contribution in [2.75, 3.05) is 27.8 Å². The van der Waals surface area contributed by atoms with Crippen molar-refractivity contribution in [3.63, 3.8) is 0 Å². The lowest BCUT2D eigenvalue weighted by Crippen LogP contribution is -2.37. The number of hydrogen-bond acceptors (Lipinski definition) is 7. The fraction of sp³-hybridized carbons (Fsp3) is 0.294. The fourth-order valence-corrected chi connectivity index (χ4v) is 5.33. The van der Waals surface area contributed by atoms with E-state index in [0.717, 1.165) is 18.4 Å². The van der Waals surface area contributed by atoms with E-state index < -0.39 is 16.1 Å². The predicted octanol–water partition coefficient (Wildman–Crippen LogP) is 2.09. The third kappa shape index (κ3) is 5.11. The molecule has 2 aromatic rings. The monoisotopic (exact) mass is 461 g/mol. The first-order valence-electron chi connectivity index (χ1n) is 8.18. The van der Waals surface area contributed by atoms with Crippen molar-refractivity contribution in [3.05, 3.63) is 39.7 Å². The van der Waals surface area contributed by atoms with Crippen LogP contribution in [-0.4, -0.2) is 52.5 Å². The Hall–Kier alpha value is -2.50. The molecular weight excluding hydrogens is 442 g/mol. The molecule has 0 spiro atoms. The third-order valence-corrected chi connectivity index (χ3v) is 7.56. The quantitative estimate of drug-likeness (QED) is 0.619. The molecule has 29 heavy (non-hydrogen) atoms. The number of carbonyl (C=O) groups excluding carboxylic acids is 2. The average Bonchev–Trinajstić information content (AvgIpc) is 3.11. The molecule has 3 amide bonds. The second-order valence-corrected chi connectivity index (χ2v) is 9.47. The van der Waals surface area contributed by atoms with E-state index >= 15 is 0 Å². The van der Waals surface area contributed by atoms with Crippen molar-refractivity contribution in [2.45, 2.75) is 10.6 Å².